The number of fused-ring (bicyclic) bond motifs is 17. The topological polar surface area (TPSA) is 59.0 Å². The smallest absolute Gasteiger partial charge is 0.143 e. The Morgan fingerprint density at radius 3 is 0.949 bits per heavy atom. The molecule has 372 valence electrons. The van der Waals surface area contributed by atoms with E-state index in [2.05, 4.69) is 256 Å². The predicted octanol–water partition coefficient (Wildman–Crippen LogP) is 21.9. The van der Waals surface area contributed by atoms with Crippen molar-refractivity contribution in [3.05, 3.63) is 230 Å². The SMILES string of the molecule is CC(C)c1ccc(N(c2ccc3c(c2)oc2cc4cc5c(cc4cc23)oc2cc(N(c3ccc(C(C)C)cc3)c3ccc4c(c3)oc3c6ccccc6ccc43)ccc25)c2ccc3c(c2)oc2c4ccccc4ccc32)cc1. The van der Waals surface area contributed by atoms with Crippen molar-refractivity contribution in [2.24, 2.45) is 0 Å². The highest BCUT2D eigenvalue weighted by molar-refractivity contribution is 6.18. The molecule has 0 aliphatic rings. The molecule has 0 fully saturated rings. The van der Waals surface area contributed by atoms with Gasteiger partial charge in [-0.2, -0.15) is 0 Å². The molecule has 0 aliphatic carbocycles. The van der Waals surface area contributed by atoms with Crippen molar-refractivity contribution >= 4 is 154 Å². The van der Waals surface area contributed by atoms with Crippen LogP contribution in [0.2, 0.25) is 0 Å². The second kappa shape index (κ2) is 16.9. The van der Waals surface area contributed by atoms with Gasteiger partial charge in [0.05, 0.1) is 0 Å². The molecule has 6 nitrogen and oxygen atoms in total. The van der Waals surface area contributed by atoms with Crippen molar-refractivity contribution in [3.8, 4) is 0 Å². The number of rotatable bonds is 8. The molecule has 16 rings (SSSR count). The van der Waals surface area contributed by atoms with Crippen LogP contribution >= 0.6 is 0 Å². The van der Waals surface area contributed by atoms with Crippen LogP contribution in [-0.2, 0) is 0 Å². The summed E-state index contributed by atoms with van der Waals surface area (Å²) < 4.78 is 27.1. The highest BCUT2D eigenvalue weighted by atomic mass is 16.3. The molecule has 0 radical (unpaired) electrons. The molecular weight excluding hydrogens is 957 g/mol. The minimum Gasteiger partial charge on any atom is -0.456 e. The van der Waals surface area contributed by atoms with Gasteiger partial charge in [0, 0.05) is 112 Å². The minimum atomic E-state index is 0.417. The molecule has 6 heteroatoms. The van der Waals surface area contributed by atoms with E-state index in [9.17, 15) is 0 Å². The average Bonchev–Trinajstić information content (AvgIpc) is 4.35. The number of hydrogen-bond acceptors (Lipinski definition) is 6. The van der Waals surface area contributed by atoms with Crippen LogP contribution in [0.3, 0.4) is 0 Å². The lowest BCUT2D eigenvalue weighted by molar-refractivity contribution is 0.668. The maximum absolute atomic E-state index is 6.83. The standard InChI is InChI=1S/C72H50N2O4/c1-41(2)43-13-19-49(20-14-43)73(53-23-29-57-61-27-17-45-9-5-7-11-55(45)71(61)77-69(57)39-53)51-25-31-59-63-33-47-36-66-64(34-48(47)35-65(63)75-67(59)37-51)60-32-26-52(38-68(60)76-66)74(50-21-15-44(16-22-50)42(3)4)54-24-30-58-62-28-18-46-10-6-8-12-56(46)72(62)78-70(58)40-54/h5-42H,1-4H3. The van der Waals surface area contributed by atoms with E-state index in [1.807, 2.05) is 0 Å². The van der Waals surface area contributed by atoms with E-state index in [0.29, 0.717) is 11.8 Å². The number of anilines is 6. The normalized spacial score (nSPS) is 12.3. The quantitative estimate of drug-likeness (QED) is 0.151. The summed E-state index contributed by atoms with van der Waals surface area (Å²) in [6, 6.07) is 78.4. The van der Waals surface area contributed by atoms with Gasteiger partial charge in [0.15, 0.2) is 0 Å². The third kappa shape index (κ3) is 6.89. The summed E-state index contributed by atoms with van der Waals surface area (Å²) in [4.78, 5) is 4.59. The predicted molar refractivity (Wildman–Crippen MR) is 326 cm³/mol. The van der Waals surface area contributed by atoms with Gasteiger partial charge in [-0.15, -0.1) is 0 Å². The molecule has 0 aliphatic heterocycles. The lowest BCUT2D eigenvalue weighted by Crippen LogP contribution is -2.10. The van der Waals surface area contributed by atoms with Crippen LogP contribution in [0.25, 0.3) is 120 Å². The van der Waals surface area contributed by atoms with E-state index >= 15 is 0 Å². The molecule has 78 heavy (non-hydrogen) atoms. The molecule has 0 spiro atoms. The Hall–Kier alpha value is -9.78. The van der Waals surface area contributed by atoms with Crippen molar-refractivity contribution < 1.29 is 17.7 Å². The molecule has 0 saturated heterocycles. The van der Waals surface area contributed by atoms with Gasteiger partial charge in [-0.05, 0) is 154 Å². The summed E-state index contributed by atoms with van der Waals surface area (Å²) in [6.45, 7) is 8.92. The van der Waals surface area contributed by atoms with Gasteiger partial charge in [-0.3, -0.25) is 0 Å². The molecule has 0 saturated carbocycles. The van der Waals surface area contributed by atoms with Crippen molar-refractivity contribution in [1.29, 1.82) is 0 Å². The van der Waals surface area contributed by atoms with Crippen LogP contribution in [0, 0.1) is 0 Å². The maximum Gasteiger partial charge on any atom is 0.143 e. The molecule has 0 bridgehead atoms. The largest absolute Gasteiger partial charge is 0.456 e. The summed E-state index contributed by atoms with van der Waals surface area (Å²) in [5, 5.41) is 15.3. The van der Waals surface area contributed by atoms with E-state index in [1.54, 1.807) is 0 Å². The van der Waals surface area contributed by atoms with Gasteiger partial charge < -0.3 is 27.5 Å². The van der Waals surface area contributed by atoms with Gasteiger partial charge in [0.25, 0.3) is 0 Å². The van der Waals surface area contributed by atoms with Crippen LogP contribution in [0.5, 0.6) is 0 Å². The van der Waals surface area contributed by atoms with Crippen molar-refractivity contribution in [3.63, 3.8) is 0 Å². The second-order valence-corrected chi connectivity index (χ2v) is 21.7. The van der Waals surface area contributed by atoms with Gasteiger partial charge in [-0.25, -0.2) is 0 Å². The van der Waals surface area contributed by atoms with Crippen LogP contribution in [0.15, 0.2) is 236 Å². The second-order valence-electron chi connectivity index (χ2n) is 21.7. The number of benzene rings is 12. The maximum atomic E-state index is 6.83. The highest BCUT2D eigenvalue weighted by Crippen LogP contribution is 2.46. The molecule has 0 N–H and O–H groups in total. The third-order valence-electron chi connectivity index (χ3n) is 16.4. The monoisotopic (exact) mass is 1010 g/mol. The Bertz CT molecular complexity index is 4790. The molecule has 4 heterocycles. The van der Waals surface area contributed by atoms with E-state index in [4.69, 9.17) is 17.7 Å². The first-order valence-corrected chi connectivity index (χ1v) is 27.0. The number of nitrogens with zero attached hydrogens (tertiary/aromatic N) is 2. The first kappa shape index (κ1) is 44.5. The Morgan fingerprint density at radius 1 is 0.244 bits per heavy atom. The van der Waals surface area contributed by atoms with Crippen molar-refractivity contribution in [1.82, 2.24) is 0 Å². The Balaban J connectivity index is 0.785. The molecular formula is C72H50N2O4. The van der Waals surface area contributed by atoms with Gasteiger partial charge in [0.2, 0.25) is 0 Å². The zero-order valence-corrected chi connectivity index (χ0v) is 43.5. The van der Waals surface area contributed by atoms with Crippen LogP contribution in [-0.4, -0.2) is 0 Å². The zero-order chi connectivity index (χ0) is 51.9. The van der Waals surface area contributed by atoms with Crippen molar-refractivity contribution in [2.45, 2.75) is 39.5 Å². The molecule has 12 aromatic carbocycles. The molecule has 0 amide bonds. The van der Waals surface area contributed by atoms with Gasteiger partial charge >= 0.3 is 0 Å². The van der Waals surface area contributed by atoms with E-state index in [1.165, 1.54) is 11.1 Å². The minimum absolute atomic E-state index is 0.417. The first-order chi connectivity index (χ1) is 38.2. The average molecular weight is 1010 g/mol. The molecule has 16 aromatic rings. The van der Waals surface area contributed by atoms with E-state index in [-0.39, 0.29) is 0 Å². The number of furan rings is 4. The third-order valence-corrected chi connectivity index (χ3v) is 16.4. The van der Waals surface area contributed by atoms with Crippen LogP contribution in [0.1, 0.15) is 50.7 Å². The van der Waals surface area contributed by atoms with E-state index in [0.717, 1.165) is 154 Å². The van der Waals surface area contributed by atoms with Gasteiger partial charge in [-0.1, -0.05) is 113 Å². The van der Waals surface area contributed by atoms with Crippen LogP contribution in [0.4, 0.5) is 34.1 Å². The fraction of sp³-hybridized carbons (Fsp3) is 0.0833. The summed E-state index contributed by atoms with van der Waals surface area (Å²) in [7, 11) is 0. The highest BCUT2D eigenvalue weighted by Gasteiger charge is 2.22. The molecule has 0 atom stereocenters. The summed E-state index contributed by atoms with van der Waals surface area (Å²) >= 11 is 0. The van der Waals surface area contributed by atoms with Crippen molar-refractivity contribution in [2.75, 3.05) is 9.80 Å². The van der Waals surface area contributed by atoms with E-state index < -0.39 is 0 Å². The lowest BCUT2D eigenvalue weighted by atomic mass is 10.0. The lowest BCUT2D eigenvalue weighted by Gasteiger charge is -2.26. The first-order valence-electron chi connectivity index (χ1n) is 27.0. The molecule has 0 unspecified atom stereocenters. The van der Waals surface area contributed by atoms with Gasteiger partial charge in [0.1, 0.15) is 44.7 Å². The Kier molecular flexibility index (Phi) is 9.62. The summed E-state index contributed by atoms with van der Waals surface area (Å²) in [5.74, 6) is 0.834. The summed E-state index contributed by atoms with van der Waals surface area (Å²) in [5.41, 5.74) is 15.5. The Labute approximate surface area is 448 Å². The fourth-order valence-corrected chi connectivity index (χ4v) is 12.2. The fourth-order valence-electron chi connectivity index (χ4n) is 12.2. The van der Waals surface area contributed by atoms with Crippen LogP contribution < -0.4 is 9.80 Å². The Morgan fingerprint density at radius 2 is 0.564 bits per heavy atom. The summed E-state index contributed by atoms with van der Waals surface area (Å²) in [6.07, 6.45) is 0. The zero-order valence-electron chi connectivity index (χ0n) is 43.5. The molecule has 4 aromatic heterocycles. The number of hydrogen-bond donors (Lipinski definition) is 0.